The van der Waals surface area contributed by atoms with Gasteiger partial charge in [-0.05, 0) is 45.0 Å². The number of rotatable bonds is 6. The zero-order valence-electron chi connectivity index (χ0n) is 14.2. The Kier molecular flexibility index (Phi) is 5.89. The fraction of sp³-hybridized carbons (Fsp3) is 0.278. The molecule has 0 aliphatic carbocycles. The Hall–Kier alpha value is -2.89. The molecule has 24 heavy (non-hydrogen) atoms. The number of pyridine rings is 1. The number of aromatic hydroxyl groups is 1. The van der Waals surface area contributed by atoms with Gasteiger partial charge >= 0.3 is 0 Å². The van der Waals surface area contributed by atoms with E-state index in [4.69, 9.17) is 0 Å². The third kappa shape index (κ3) is 4.32. The minimum absolute atomic E-state index is 0.120. The van der Waals surface area contributed by atoms with Gasteiger partial charge in [-0.25, -0.2) is 5.43 Å². The van der Waals surface area contributed by atoms with E-state index in [2.05, 4.69) is 34.3 Å². The highest BCUT2D eigenvalue weighted by Crippen LogP contribution is 2.23. The van der Waals surface area contributed by atoms with Crippen molar-refractivity contribution in [3.63, 3.8) is 0 Å². The highest BCUT2D eigenvalue weighted by molar-refractivity contribution is 5.94. The first-order valence-electron chi connectivity index (χ1n) is 7.89. The number of hydrazone groups is 1. The van der Waals surface area contributed by atoms with E-state index in [1.807, 2.05) is 13.0 Å². The number of benzene rings is 1. The third-order valence-corrected chi connectivity index (χ3v) is 3.69. The molecular weight excluding hydrogens is 304 g/mol. The first-order valence-corrected chi connectivity index (χ1v) is 7.89. The predicted octanol–water partition coefficient (Wildman–Crippen LogP) is 2.71. The monoisotopic (exact) mass is 326 g/mol. The molecule has 6 heteroatoms. The summed E-state index contributed by atoms with van der Waals surface area (Å²) < 4.78 is 0. The Morgan fingerprint density at radius 2 is 2.04 bits per heavy atom. The van der Waals surface area contributed by atoms with Crippen LogP contribution in [0.5, 0.6) is 5.75 Å². The van der Waals surface area contributed by atoms with Crippen molar-refractivity contribution in [3.05, 3.63) is 53.3 Å². The van der Waals surface area contributed by atoms with Gasteiger partial charge in [0.05, 0.1) is 11.8 Å². The van der Waals surface area contributed by atoms with E-state index in [1.165, 1.54) is 12.4 Å². The number of aromatic nitrogens is 1. The minimum Gasteiger partial charge on any atom is -0.507 e. The summed E-state index contributed by atoms with van der Waals surface area (Å²) in [4.78, 5) is 18.1. The number of carbonyl (C=O) groups excluding carboxylic acids is 1. The quantitative estimate of drug-likeness (QED) is 0.632. The Morgan fingerprint density at radius 1 is 1.29 bits per heavy atom. The summed E-state index contributed by atoms with van der Waals surface area (Å²) in [6.07, 6.45) is 2.91. The molecule has 0 spiro atoms. The maximum Gasteiger partial charge on any atom is 0.272 e. The number of amides is 1. The summed E-state index contributed by atoms with van der Waals surface area (Å²) in [6, 6.07) is 8.83. The van der Waals surface area contributed by atoms with Crippen molar-refractivity contribution in [2.75, 3.05) is 18.0 Å². The molecule has 0 saturated heterocycles. The lowest BCUT2D eigenvalue weighted by molar-refractivity contribution is 0.0954. The lowest BCUT2D eigenvalue weighted by Crippen LogP contribution is -2.21. The average Bonchev–Trinajstić information content (AvgIpc) is 2.58. The van der Waals surface area contributed by atoms with Crippen LogP contribution in [0, 0.1) is 6.92 Å². The lowest BCUT2D eigenvalue weighted by atomic mass is 10.2. The molecule has 1 heterocycles. The summed E-state index contributed by atoms with van der Waals surface area (Å²) >= 11 is 0. The van der Waals surface area contributed by atoms with Crippen molar-refractivity contribution in [1.82, 2.24) is 10.4 Å². The number of phenolic OH excluding ortho intramolecular Hbond substituents is 1. The second-order valence-electron chi connectivity index (χ2n) is 5.30. The number of nitrogens with one attached hydrogen (secondary N) is 1. The zero-order chi connectivity index (χ0) is 17.5. The number of phenols is 1. The number of aryl methyl sites for hydroxylation is 1. The fourth-order valence-electron chi connectivity index (χ4n) is 2.25. The molecule has 0 aliphatic rings. The van der Waals surface area contributed by atoms with Gasteiger partial charge < -0.3 is 10.0 Å². The van der Waals surface area contributed by atoms with Crippen molar-refractivity contribution in [2.45, 2.75) is 20.8 Å². The second kappa shape index (κ2) is 8.10. The maximum absolute atomic E-state index is 11.9. The smallest absolute Gasteiger partial charge is 0.272 e. The highest BCUT2D eigenvalue weighted by atomic mass is 16.3. The number of anilines is 1. The summed E-state index contributed by atoms with van der Waals surface area (Å²) in [6.45, 7) is 7.70. The Balaban J connectivity index is 2.03. The standard InChI is InChI=1S/C18H22N4O2/c1-4-22(5-2)16-9-8-14(17(23)10-16)12-20-21-18(24)15-7-6-13(3)19-11-15/h6-12,23H,4-5H2,1-3H3,(H,21,24)/b20-12-. The molecule has 0 fully saturated rings. The molecule has 0 unspecified atom stereocenters. The Bertz CT molecular complexity index is 722. The SMILES string of the molecule is CCN(CC)c1ccc(/C=N\NC(=O)c2ccc(C)nc2)c(O)c1. The summed E-state index contributed by atoms with van der Waals surface area (Å²) in [5.74, 6) is -0.229. The molecule has 126 valence electrons. The molecule has 2 N–H and O–H groups in total. The van der Waals surface area contributed by atoms with E-state index in [-0.39, 0.29) is 11.7 Å². The predicted molar refractivity (Wildman–Crippen MR) is 95.7 cm³/mol. The van der Waals surface area contributed by atoms with Crippen LogP contribution in [0.25, 0.3) is 0 Å². The van der Waals surface area contributed by atoms with Gasteiger partial charge in [0.15, 0.2) is 0 Å². The molecule has 0 bridgehead atoms. The van der Waals surface area contributed by atoms with Crippen LogP contribution in [-0.4, -0.2) is 35.3 Å². The van der Waals surface area contributed by atoms with Crippen molar-refractivity contribution in [3.8, 4) is 5.75 Å². The van der Waals surface area contributed by atoms with Crippen LogP contribution in [0.4, 0.5) is 5.69 Å². The normalized spacial score (nSPS) is 10.8. The average molecular weight is 326 g/mol. The molecule has 1 aromatic carbocycles. The van der Waals surface area contributed by atoms with E-state index in [9.17, 15) is 9.90 Å². The van der Waals surface area contributed by atoms with E-state index >= 15 is 0 Å². The Labute approximate surface area is 141 Å². The van der Waals surface area contributed by atoms with Crippen molar-refractivity contribution in [2.24, 2.45) is 5.10 Å². The molecule has 0 saturated carbocycles. The molecule has 1 aromatic heterocycles. The zero-order valence-corrected chi connectivity index (χ0v) is 14.2. The third-order valence-electron chi connectivity index (χ3n) is 3.69. The van der Waals surface area contributed by atoms with Gasteiger partial charge in [-0.2, -0.15) is 5.10 Å². The molecule has 2 rings (SSSR count). The van der Waals surface area contributed by atoms with Gasteiger partial charge in [0.2, 0.25) is 0 Å². The first kappa shape index (κ1) is 17.5. The van der Waals surface area contributed by atoms with Crippen LogP contribution in [-0.2, 0) is 0 Å². The van der Waals surface area contributed by atoms with E-state index < -0.39 is 0 Å². The molecule has 6 nitrogen and oxygen atoms in total. The van der Waals surface area contributed by atoms with E-state index in [1.54, 1.807) is 24.3 Å². The summed E-state index contributed by atoms with van der Waals surface area (Å²) in [7, 11) is 0. The van der Waals surface area contributed by atoms with Gasteiger partial charge in [-0.1, -0.05) is 0 Å². The van der Waals surface area contributed by atoms with Crippen LogP contribution in [0.2, 0.25) is 0 Å². The van der Waals surface area contributed by atoms with Gasteiger partial charge in [-0.3, -0.25) is 9.78 Å². The maximum atomic E-state index is 11.9. The van der Waals surface area contributed by atoms with Crippen LogP contribution in [0.1, 0.15) is 35.5 Å². The minimum atomic E-state index is -0.349. The number of carbonyl (C=O) groups is 1. The van der Waals surface area contributed by atoms with Crippen LogP contribution >= 0.6 is 0 Å². The van der Waals surface area contributed by atoms with Crippen molar-refractivity contribution in [1.29, 1.82) is 0 Å². The number of nitrogens with zero attached hydrogens (tertiary/aromatic N) is 3. The highest BCUT2D eigenvalue weighted by Gasteiger charge is 2.06. The molecule has 0 atom stereocenters. The molecular formula is C18H22N4O2. The summed E-state index contributed by atoms with van der Waals surface area (Å²) in [5.41, 5.74) is 5.18. The molecule has 0 aliphatic heterocycles. The summed E-state index contributed by atoms with van der Waals surface area (Å²) in [5, 5.41) is 14.0. The topological polar surface area (TPSA) is 77.8 Å². The van der Waals surface area contributed by atoms with Gasteiger partial charge in [-0.15, -0.1) is 0 Å². The van der Waals surface area contributed by atoms with E-state index in [0.717, 1.165) is 24.5 Å². The van der Waals surface area contributed by atoms with Crippen LogP contribution in [0.3, 0.4) is 0 Å². The number of hydrogen-bond acceptors (Lipinski definition) is 5. The number of hydrogen-bond donors (Lipinski definition) is 2. The second-order valence-corrected chi connectivity index (χ2v) is 5.30. The van der Waals surface area contributed by atoms with Gasteiger partial charge in [0, 0.05) is 42.3 Å². The Morgan fingerprint density at radius 3 is 2.62 bits per heavy atom. The molecule has 0 radical (unpaired) electrons. The van der Waals surface area contributed by atoms with Crippen LogP contribution < -0.4 is 10.3 Å². The van der Waals surface area contributed by atoms with Crippen molar-refractivity contribution >= 4 is 17.8 Å². The lowest BCUT2D eigenvalue weighted by Gasteiger charge is -2.21. The van der Waals surface area contributed by atoms with Gasteiger partial charge in [0.1, 0.15) is 5.75 Å². The van der Waals surface area contributed by atoms with E-state index in [0.29, 0.717) is 11.1 Å². The van der Waals surface area contributed by atoms with Crippen molar-refractivity contribution < 1.29 is 9.90 Å². The molecule has 1 amide bonds. The van der Waals surface area contributed by atoms with Gasteiger partial charge in [0.25, 0.3) is 5.91 Å². The largest absolute Gasteiger partial charge is 0.507 e. The first-order chi connectivity index (χ1) is 11.5. The molecule has 2 aromatic rings. The van der Waals surface area contributed by atoms with Crippen LogP contribution in [0.15, 0.2) is 41.6 Å². The fourth-order valence-corrected chi connectivity index (χ4v) is 2.25.